The van der Waals surface area contributed by atoms with Crippen LogP contribution in [0.2, 0.25) is 0 Å². The van der Waals surface area contributed by atoms with E-state index in [0.29, 0.717) is 22.4 Å². The maximum atomic E-state index is 13.0. The molecule has 1 fully saturated rings. The van der Waals surface area contributed by atoms with Crippen LogP contribution in [-0.2, 0) is 15.1 Å². The number of rotatable bonds is 8. The number of urea groups is 1. The highest BCUT2D eigenvalue weighted by Gasteiger charge is 2.49. The van der Waals surface area contributed by atoms with Gasteiger partial charge in [0.15, 0.2) is 0 Å². The molecule has 4 rings (SSSR count). The van der Waals surface area contributed by atoms with Crippen molar-refractivity contribution in [2.75, 3.05) is 19.0 Å². The first-order chi connectivity index (χ1) is 17.2. The number of carbonyl (C=O) groups excluding carboxylic acids is 3. The average molecular weight is 495 g/mol. The number of amides is 4. The van der Waals surface area contributed by atoms with Gasteiger partial charge in [0.05, 0.1) is 7.11 Å². The van der Waals surface area contributed by atoms with Crippen LogP contribution < -0.4 is 20.1 Å². The summed E-state index contributed by atoms with van der Waals surface area (Å²) >= 11 is 0. The first-order valence-corrected chi connectivity index (χ1v) is 10.9. The maximum Gasteiger partial charge on any atom is 0.387 e. The highest BCUT2D eigenvalue weighted by Crippen LogP contribution is 2.35. The van der Waals surface area contributed by atoms with Crippen molar-refractivity contribution in [1.29, 1.82) is 0 Å². The highest BCUT2D eigenvalue weighted by molar-refractivity contribution is 6.10. The fraction of sp³-hybridized carbons (Fsp3) is 0.192. The largest absolute Gasteiger partial charge is 0.497 e. The van der Waals surface area contributed by atoms with Gasteiger partial charge in [-0.1, -0.05) is 42.5 Å². The third kappa shape index (κ3) is 4.97. The van der Waals surface area contributed by atoms with Crippen LogP contribution in [-0.4, -0.2) is 43.0 Å². The van der Waals surface area contributed by atoms with Crippen LogP contribution in [0.1, 0.15) is 12.5 Å². The summed E-state index contributed by atoms with van der Waals surface area (Å²) in [5.74, 6) is -0.705. The normalized spacial score (nSPS) is 17.2. The number of alkyl halides is 2. The lowest BCUT2D eigenvalue weighted by molar-refractivity contribution is -0.133. The van der Waals surface area contributed by atoms with E-state index in [0.717, 1.165) is 4.90 Å². The van der Waals surface area contributed by atoms with Crippen LogP contribution >= 0.6 is 0 Å². The third-order valence-corrected chi connectivity index (χ3v) is 5.81. The molecule has 1 aliphatic rings. The Kier molecular flexibility index (Phi) is 6.86. The Bertz CT molecular complexity index is 1280. The molecule has 4 amide bonds. The summed E-state index contributed by atoms with van der Waals surface area (Å²) < 4.78 is 35.6. The van der Waals surface area contributed by atoms with Gasteiger partial charge in [0, 0.05) is 11.3 Å². The fourth-order valence-corrected chi connectivity index (χ4v) is 3.95. The summed E-state index contributed by atoms with van der Waals surface area (Å²) in [4.78, 5) is 39.1. The number of halogens is 2. The number of hydrogen-bond donors (Lipinski definition) is 2. The van der Waals surface area contributed by atoms with Gasteiger partial charge in [0.1, 0.15) is 23.6 Å². The first-order valence-electron chi connectivity index (χ1n) is 10.9. The van der Waals surface area contributed by atoms with Crippen molar-refractivity contribution < 1.29 is 32.6 Å². The second-order valence-corrected chi connectivity index (χ2v) is 8.18. The van der Waals surface area contributed by atoms with Gasteiger partial charge in [-0.05, 0) is 48.4 Å². The highest BCUT2D eigenvalue weighted by atomic mass is 19.3. The lowest BCUT2D eigenvalue weighted by Crippen LogP contribution is -2.42. The van der Waals surface area contributed by atoms with E-state index >= 15 is 0 Å². The second-order valence-electron chi connectivity index (χ2n) is 8.18. The van der Waals surface area contributed by atoms with Crippen molar-refractivity contribution in [1.82, 2.24) is 10.2 Å². The zero-order valence-electron chi connectivity index (χ0n) is 19.5. The predicted octanol–water partition coefficient (Wildman–Crippen LogP) is 4.37. The smallest absolute Gasteiger partial charge is 0.387 e. The Morgan fingerprint density at radius 1 is 1.06 bits per heavy atom. The van der Waals surface area contributed by atoms with Crippen molar-refractivity contribution in [2.24, 2.45) is 0 Å². The van der Waals surface area contributed by atoms with Crippen molar-refractivity contribution in [3.05, 3.63) is 78.4 Å². The Balaban J connectivity index is 1.53. The topological polar surface area (TPSA) is 97.0 Å². The lowest BCUT2D eigenvalue weighted by atomic mass is 9.92. The van der Waals surface area contributed by atoms with Crippen LogP contribution in [0.4, 0.5) is 19.3 Å². The number of ether oxygens (including phenoxy) is 2. The predicted molar refractivity (Wildman–Crippen MR) is 128 cm³/mol. The van der Waals surface area contributed by atoms with Gasteiger partial charge in [-0.3, -0.25) is 14.5 Å². The molecule has 1 unspecified atom stereocenters. The fourth-order valence-electron chi connectivity index (χ4n) is 3.95. The first kappa shape index (κ1) is 24.6. The van der Waals surface area contributed by atoms with Crippen LogP contribution in [0.5, 0.6) is 11.5 Å². The number of imide groups is 1. The van der Waals surface area contributed by atoms with Crippen molar-refractivity contribution in [2.45, 2.75) is 19.1 Å². The standard InChI is InChI=1S/C26H23F2N3O5/c1-26(17-6-4-3-5-7-17)23(33)31(25(34)30-26)15-22(32)29-18-10-13-21(36-24(27)28)20(14-18)16-8-11-19(35-2)12-9-16/h3-14,24H,15H2,1-2H3,(H,29,32)(H,30,34). The Morgan fingerprint density at radius 3 is 2.39 bits per heavy atom. The molecule has 1 saturated heterocycles. The van der Waals surface area contributed by atoms with Gasteiger partial charge in [0.25, 0.3) is 5.91 Å². The summed E-state index contributed by atoms with van der Waals surface area (Å²) in [5, 5.41) is 5.25. The number of nitrogens with zero attached hydrogens (tertiary/aromatic N) is 1. The number of methoxy groups -OCH3 is 1. The van der Waals surface area contributed by atoms with Crippen molar-refractivity contribution in [3.8, 4) is 22.6 Å². The molecule has 0 bridgehead atoms. The van der Waals surface area contributed by atoms with E-state index in [9.17, 15) is 23.2 Å². The molecule has 1 atom stereocenters. The number of hydrogen-bond acceptors (Lipinski definition) is 5. The van der Waals surface area contributed by atoms with E-state index < -0.39 is 36.5 Å². The zero-order valence-corrected chi connectivity index (χ0v) is 19.5. The van der Waals surface area contributed by atoms with Gasteiger partial charge < -0.3 is 20.1 Å². The minimum absolute atomic E-state index is 0.0825. The SMILES string of the molecule is COc1ccc(-c2cc(NC(=O)CN3C(=O)NC(C)(c4ccccc4)C3=O)ccc2OC(F)F)cc1. The van der Waals surface area contributed by atoms with E-state index in [1.54, 1.807) is 61.5 Å². The maximum absolute atomic E-state index is 13.0. The molecule has 0 saturated carbocycles. The minimum Gasteiger partial charge on any atom is -0.497 e. The summed E-state index contributed by atoms with van der Waals surface area (Å²) in [5.41, 5.74) is 0.419. The molecule has 10 heteroatoms. The Labute approximate surface area is 205 Å². The summed E-state index contributed by atoms with van der Waals surface area (Å²) in [6.07, 6.45) is 0. The molecule has 0 aromatic heterocycles. The van der Waals surface area contributed by atoms with Crippen LogP contribution in [0.15, 0.2) is 72.8 Å². The second kappa shape index (κ2) is 10.0. The minimum atomic E-state index is -3.04. The van der Waals surface area contributed by atoms with Crippen molar-refractivity contribution >= 4 is 23.5 Å². The van der Waals surface area contributed by atoms with E-state index in [2.05, 4.69) is 15.4 Å². The van der Waals surface area contributed by atoms with E-state index in [1.807, 2.05) is 0 Å². The molecule has 1 heterocycles. The molecular weight excluding hydrogens is 472 g/mol. The molecule has 0 aliphatic carbocycles. The molecule has 0 radical (unpaired) electrons. The number of benzene rings is 3. The molecule has 0 spiro atoms. The Hall–Kier alpha value is -4.47. The summed E-state index contributed by atoms with van der Waals surface area (Å²) in [6.45, 7) is -2.00. The molecule has 2 N–H and O–H groups in total. The monoisotopic (exact) mass is 495 g/mol. The quantitative estimate of drug-likeness (QED) is 0.453. The Morgan fingerprint density at radius 2 is 1.75 bits per heavy atom. The van der Waals surface area contributed by atoms with Gasteiger partial charge in [0.2, 0.25) is 5.91 Å². The van der Waals surface area contributed by atoms with Gasteiger partial charge >= 0.3 is 12.6 Å². The van der Waals surface area contributed by atoms with Crippen LogP contribution in [0.3, 0.4) is 0 Å². The molecule has 3 aromatic rings. The summed E-state index contributed by atoms with van der Waals surface area (Å²) in [6, 6.07) is 18.8. The molecule has 8 nitrogen and oxygen atoms in total. The van der Waals surface area contributed by atoms with E-state index in [-0.39, 0.29) is 11.4 Å². The molecule has 1 aliphatic heterocycles. The van der Waals surface area contributed by atoms with Crippen molar-refractivity contribution in [3.63, 3.8) is 0 Å². The number of nitrogens with one attached hydrogen (secondary N) is 2. The van der Waals surface area contributed by atoms with Crippen LogP contribution in [0.25, 0.3) is 11.1 Å². The van der Waals surface area contributed by atoms with E-state index in [1.165, 1.54) is 25.3 Å². The number of anilines is 1. The van der Waals surface area contributed by atoms with Crippen LogP contribution in [0, 0.1) is 0 Å². The zero-order chi connectivity index (χ0) is 25.9. The molecule has 186 valence electrons. The van der Waals surface area contributed by atoms with Gasteiger partial charge in [-0.15, -0.1) is 0 Å². The third-order valence-electron chi connectivity index (χ3n) is 5.81. The molecule has 36 heavy (non-hydrogen) atoms. The molecular formula is C26H23F2N3O5. The van der Waals surface area contributed by atoms with Gasteiger partial charge in [-0.25, -0.2) is 4.79 Å². The summed E-state index contributed by atoms with van der Waals surface area (Å²) in [7, 11) is 1.50. The molecule has 3 aromatic carbocycles. The average Bonchev–Trinajstić information content (AvgIpc) is 3.09. The number of carbonyl (C=O) groups is 3. The lowest BCUT2D eigenvalue weighted by Gasteiger charge is -2.22. The van der Waals surface area contributed by atoms with E-state index in [4.69, 9.17) is 4.74 Å². The van der Waals surface area contributed by atoms with Gasteiger partial charge in [-0.2, -0.15) is 8.78 Å².